The summed E-state index contributed by atoms with van der Waals surface area (Å²) in [6.45, 7) is 1.78. The van der Waals surface area contributed by atoms with Gasteiger partial charge in [0.25, 0.3) is 5.92 Å². The van der Waals surface area contributed by atoms with Crippen molar-refractivity contribution in [2.45, 2.75) is 50.3 Å². The molecule has 1 aromatic heterocycles. The van der Waals surface area contributed by atoms with Gasteiger partial charge in [-0.1, -0.05) is 12.1 Å². The van der Waals surface area contributed by atoms with E-state index in [1.807, 2.05) is 6.07 Å². The number of aliphatic hydroxyl groups is 1. The number of aromatic nitrogens is 2. The fourth-order valence-electron chi connectivity index (χ4n) is 5.20. The lowest BCUT2D eigenvalue weighted by molar-refractivity contribution is -0.0966. The van der Waals surface area contributed by atoms with Crippen molar-refractivity contribution in [3.63, 3.8) is 0 Å². The third-order valence-corrected chi connectivity index (χ3v) is 6.64. The van der Waals surface area contributed by atoms with Gasteiger partial charge in [0.15, 0.2) is 0 Å². The third kappa shape index (κ3) is 2.95. The number of hydrogen-bond acceptors (Lipinski definition) is 3. The summed E-state index contributed by atoms with van der Waals surface area (Å²) in [5, 5.41) is 26.9. The van der Waals surface area contributed by atoms with E-state index < -0.39 is 36.4 Å². The molecule has 0 saturated heterocycles. The number of aliphatic hydroxyl groups excluding tert-OH is 1. The van der Waals surface area contributed by atoms with Crippen LogP contribution in [-0.2, 0) is 6.42 Å². The molecule has 0 aliphatic heterocycles. The number of benzene rings is 2. The number of nitrogens with one attached hydrogen (secondary N) is 1. The van der Waals surface area contributed by atoms with Crippen molar-refractivity contribution in [1.82, 2.24) is 10.2 Å². The predicted molar refractivity (Wildman–Crippen MR) is 108 cm³/mol. The number of aryl methyl sites for hydroxylation is 1. The lowest BCUT2D eigenvalue weighted by Gasteiger charge is -2.31. The van der Waals surface area contributed by atoms with E-state index in [1.165, 1.54) is 0 Å². The van der Waals surface area contributed by atoms with Crippen LogP contribution in [0.4, 0.5) is 17.6 Å². The quantitative estimate of drug-likeness (QED) is 0.512. The number of H-pyrrole nitrogens is 1. The van der Waals surface area contributed by atoms with Gasteiger partial charge in [0.1, 0.15) is 18.1 Å². The van der Waals surface area contributed by atoms with E-state index in [2.05, 4.69) is 10.2 Å². The highest BCUT2D eigenvalue weighted by molar-refractivity contribution is 5.72. The average molecular weight is 441 g/mol. The summed E-state index contributed by atoms with van der Waals surface area (Å²) in [4.78, 5) is 0. The third-order valence-electron chi connectivity index (χ3n) is 6.64. The maximum atomic E-state index is 14.7. The molecule has 2 aromatic carbocycles. The van der Waals surface area contributed by atoms with Gasteiger partial charge in [-0.3, -0.25) is 5.10 Å². The van der Waals surface area contributed by atoms with E-state index in [1.54, 1.807) is 25.3 Å². The zero-order chi connectivity index (χ0) is 22.8. The maximum Gasteiger partial charge on any atom is 0.281 e. The van der Waals surface area contributed by atoms with Gasteiger partial charge in [-0.15, -0.1) is 0 Å². The summed E-state index contributed by atoms with van der Waals surface area (Å²) in [6.07, 6.45) is -2.17. The first-order valence-corrected chi connectivity index (χ1v) is 10.3. The molecule has 0 radical (unpaired) electrons. The first-order chi connectivity index (χ1) is 15.2. The Morgan fingerprint density at radius 1 is 1.19 bits per heavy atom. The number of hydrogen-bond donors (Lipinski definition) is 2. The Morgan fingerprint density at radius 3 is 2.66 bits per heavy atom. The van der Waals surface area contributed by atoms with Crippen molar-refractivity contribution < 1.29 is 22.7 Å². The fraction of sp³-hybridized carbons (Fsp3) is 0.333. The van der Waals surface area contributed by atoms with Crippen molar-refractivity contribution in [1.29, 1.82) is 5.26 Å². The van der Waals surface area contributed by atoms with Crippen LogP contribution in [0.15, 0.2) is 30.5 Å². The molecule has 0 fully saturated rings. The smallest absolute Gasteiger partial charge is 0.281 e. The lowest BCUT2D eigenvalue weighted by atomic mass is 9.74. The molecular formula is C24H19F4N3O. The number of fused-ring (bicyclic) bond motifs is 2. The Hall–Kier alpha value is -3.18. The summed E-state index contributed by atoms with van der Waals surface area (Å²) in [5.74, 6) is -4.64. The number of halogens is 4. The van der Waals surface area contributed by atoms with Crippen LogP contribution in [0.25, 0.3) is 11.3 Å². The second-order valence-corrected chi connectivity index (χ2v) is 8.53. The molecule has 0 unspecified atom stereocenters. The molecule has 4 nitrogen and oxygen atoms in total. The number of nitriles is 1. The first-order valence-electron chi connectivity index (χ1n) is 10.3. The van der Waals surface area contributed by atoms with Gasteiger partial charge in [-0.25, -0.2) is 17.6 Å². The van der Waals surface area contributed by atoms with Gasteiger partial charge < -0.3 is 5.11 Å². The minimum absolute atomic E-state index is 0.0000977. The topological polar surface area (TPSA) is 72.7 Å². The van der Waals surface area contributed by atoms with Crippen molar-refractivity contribution >= 4 is 0 Å². The summed E-state index contributed by atoms with van der Waals surface area (Å²) in [6, 6.07) is 7.41. The number of rotatable bonds is 2. The van der Waals surface area contributed by atoms with Crippen LogP contribution in [0.2, 0.25) is 0 Å². The summed E-state index contributed by atoms with van der Waals surface area (Å²) < 4.78 is 58.1. The van der Waals surface area contributed by atoms with E-state index in [0.29, 0.717) is 22.4 Å². The normalized spacial score (nSPS) is 23.5. The number of aromatic amines is 1. The van der Waals surface area contributed by atoms with E-state index in [-0.39, 0.29) is 35.1 Å². The molecule has 0 amide bonds. The molecule has 0 bridgehead atoms. The zero-order valence-corrected chi connectivity index (χ0v) is 17.1. The largest absolute Gasteiger partial charge is 0.382 e. The Bertz CT molecular complexity index is 1280. The molecule has 5 rings (SSSR count). The number of alkyl halides is 3. The first kappa shape index (κ1) is 20.7. The minimum atomic E-state index is -3.37. The van der Waals surface area contributed by atoms with E-state index in [9.17, 15) is 27.9 Å². The Morgan fingerprint density at radius 2 is 1.97 bits per heavy atom. The number of nitrogens with zero attached hydrogens (tertiary/aromatic N) is 2. The summed E-state index contributed by atoms with van der Waals surface area (Å²) in [7, 11) is 0. The molecule has 32 heavy (non-hydrogen) atoms. The Labute approximate surface area is 181 Å². The second-order valence-electron chi connectivity index (χ2n) is 8.53. The van der Waals surface area contributed by atoms with Gasteiger partial charge in [0, 0.05) is 17.9 Å². The van der Waals surface area contributed by atoms with E-state index >= 15 is 0 Å². The van der Waals surface area contributed by atoms with Crippen LogP contribution in [0, 0.1) is 24.1 Å². The minimum Gasteiger partial charge on any atom is -0.382 e. The van der Waals surface area contributed by atoms with Crippen LogP contribution < -0.4 is 0 Å². The maximum absolute atomic E-state index is 14.7. The monoisotopic (exact) mass is 441 g/mol. The van der Waals surface area contributed by atoms with Crippen molar-refractivity contribution in [2.24, 2.45) is 0 Å². The molecule has 8 heteroatoms. The van der Waals surface area contributed by atoms with Gasteiger partial charge in [0.05, 0.1) is 23.5 Å². The van der Waals surface area contributed by atoms with Gasteiger partial charge >= 0.3 is 0 Å². The molecule has 2 N–H and O–H groups in total. The molecule has 2 aliphatic rings. The van der Waals surface area contributed by atoms with Crippen molar-refractivity contribution in [2.75, 3.05) is 0 Å². The fourth-order valence-corrected chi connectivity index (χ4v) is 5.20. The van der Waals surface area contributed by atoms with Crippen LogP contribution in [0.3, 0.4) is 0 Å². The molecule has 2 aliphatic carbocycles. The van der Waals surface area contributed by atoms with Gasteiger partial charge in [-0.2, -0.15) is 10.4 Å². The van der Waals surface area contributed by atoms with Crippen LogP contribution in [0.1, 0.15) is 70.0 Å². The molecule has 1 heterocycles. The molecule has 164 valence electrons. The van der Waals surface area contributed by atoms with Gasteiger partial charge in [-0.05, 0) is 65.3 Å². The van der Waals surface area contributed by atoms with Crippen molar-refractivity contribution in [3.05, 3.63) is 75.2 Å². The highest BCUT2D eigenvalue weighted by atomic mass is 19.3. The molecular weight excluding hydrogens is 422 g/mol. The molecule has 3 atom stereocenters. The van der Waals surface area contributed by atoms with Crippen LogP contribution >= 0.6 is 0 Å². The molecule has 0 saturated carbocycles. The molecule has 3 aromatic rings. The summed E-state index contributed by atoms with van der Waals surface area (Å²) in [5.41, 5.74) is 3.05. The van der Waals surface area contributed by atoms with Crippen LogP contribution in [0.5, 0.6) is 0 Å². The lowest BCUT2D eigenvalue weighted by Crippen LogP contribution is -2.22. The zero-order valence-electron chi connectivity index (χ0n) is 17.1. The van der Waals surface area contributed by atoms with E-state index in [4.69, 9.17) is 0 Å². The standard InChI is InChI=1S/C24H19F4N3O/c1-11-10-30-31-22(11)16-3-2-14(18-8-24(27,28)23(32)21(16)18)15-4-5-19(26)17-7-13(25)6-12(9-29)20(15)17/h2-3,6-7,10,15,19,23,32H,4-5,8H2,1H3,(H,30,31)/t15-,19+,23+/m1/s1. The molecule has 0 spiro atoms. The SMILES string of the molecule is Cc1cn[nH]c1-c1ccc([C@H]2CC[C@H](F)c3cc(F)cc(C#N)c32)c2c1[C@H](O)C(F)(F)C2. The van der Waals surface area contributed by atoms with Crippen molar-refractivity contribution in [3.8, 4) is 17.3 Å². The van der Waals surface area contributed by atoms with E-state index in [0.717, 1.165) is 17.7 Å². The van der Waals surface area contributed by atoms with Gasteiger partial charge in [0.2, 0.25) is 0 Å². The Kier molecular flexibility index (Phi) is 4.64. The summed E-state index contributed by atoms with van der Waals surface area (Å²) >= 11 is 0. The predicted octanol–water partition coefficient (Wildman–Crippen LogP) is 5.56. The average Bonchev–Trinajstić information content (AvgIpc) is 3.28. The highest BCUT2D eigenvalue weighted by Crippen LogP contribution is 2.53. The van der Waals surface area contributed by atoms with Crippen LogP contribution in [-0.4, -0.2) is 21.2 Å². The highest BCUT2D eigenvalue weighted by Gasteiger charge is 2.50. The Balaban J connectivity index is 1.75. The second kappa shape index (κ2) is 7.17.